The van der Waals surface area contributed by atoms with Crippen LogP contribution in [0, 0.1) is 0 Å². The zero-order chi connectivity index (χ0) is 52.2. The standard InChI is InChI=1S/C47H76O23/c1-8-47(7,70-39-26(6)64-46(36(58)33(39)55)69-41-28(20-49)66-44(61)42(37(41)59)67-30(52)18-29(50)51)17-11-16-23(3)13-9-12-22(2)14-10-15-24(4)21-62-38-25(5)63-45(35(57)32(38)54)68-40-27(19-48)65-43(60)34(56)31(40)53/h8,12,15-16,25-28,31-46,48-49,53-61H,1,9-11,13-14,17-21H2,2-7H3,(H,50,51)/b22-12+,23-16+,24-15-/t25?,26?,27?,28?,31?,32?,33?,34?,35?,36?,37?,38?,39?,40?,41?,42?,43?,44?,45?,46?,47-/m1/s1. The number of carbonyl (C=O) groups is 2. The number of allylic oxidation sites excluding steroid dienone is 5. The van der Waals surface area contributed by atoms with Crippen molar-refractivity contribution in [2.75, 3.05) is 19.8 Å². The molecule has 402 valence electrons. The summed E-state index contributed by atoms with van der Waals surface area (Å²) in [5.74, 6) is -2.79. The number of ether oxygens (including phenoxy) is 9. The number of aliphatic hydroxyl groups excluding tert-OH is 11. The highest BCUT2D eigenvalue weighted by molar-refractivity contribution is 5.90. The Labute approximate surface area is 407 Å². The molecule has 4 heterocycles. The van der Waals surface area contributed by atoms with Crippen molar-refractivity contribution in [2.24, 2.45) is 0 Å². The summed E-state index contributed by atoms with van der Waals surface area (Å²) in [6.45, 7) is 13.6. The first-order chi connectivity index (χ1) is 32.9. The molecule has 0 spiro atoms. The van der Waals surface area contributed by atoms with Crippen molar-refractivity contribution in [3.05, 3.63) is 47.6 Å². The fourth-order valence-corrected chi connectivity index (χ4v) is 8.55. The van der Waals surface area contributed by atoms with E-state index in [4.69, 9.17) is 47.7 Å². The molecule has 0 aromatic carbocycles. The average Bonchev–Trinajstić information content (AvgIpc) is 3.30. The Morgan fingerprint density at radius 1 is 0.600 bits per heavy atom. The number of carboxylic acid groups (broad SMARTS) is 1. The van der Waals surface area contributed by atoms with E-state index in [1.165, 1.54) is 5.57 Å². The topological polar surface area (TPSA) is 360 Å². The van der Waals surface area contributed by atoms with Gasteiger partial charge in [-0.15, -0.1) is 6.58 Å². The highest BCUT2D eigenvalue weighted by Gasteiger charge is 2.53. The lowest BCUT2D eigenvalue weighted by Crippen LogP contribution is -2.65. The van der Waals surface area contributed by atoms with Crippen molar-refractivity contribution < 1.29 is 113 Å². The Morgan fingerprint density at radius 2 is 1.07 bits per heavy atom. The third kappa shape index (κ3) is 16.1. The third-order valence-electron chi connectivity index (χ3n) is 12.9. The molecule has 20 unspecified atom stereocenters. The van der Waals surface area contributed by atoms with E-state index in [0.29, 0.717) is 12.8 Å². The van der Waals surface area contributed by atoms with E-state index in [9.17, 15) is 65.8 Å². The maximum Gasteiger partial charge on any atom is 0.317 e. The molecule has 23 heteroatoms. The average molecular weight is 1010 g/mol. The van der Waals surface area contributed by atoms with E-state index in [1.54, 1.807) is 26.8 Å². The number of aliphatic hydroxyl groups is 11. The quantitative estimate of drug-likeness (QED) is 0.0297. The summed E-state index contributed by atoms with van der Waals surface area (Å²) < 4.78 is 50.5. The van der Waals surface area contributed by atoms with Gasteiger partial charge in [-0.2, -0.15) is 0 Å². The van der Waals surface area contributed by atoms with E-state index >= 15 is 0 Å². The smallest absolute Gasteiger partial charge is 0.317 e. The van der Waals surface area contributed by atoms with Gasteiger partial charge >= 0.3 is 11.9 Å². The molecule has 70 heavy (non-hydrogen) atoms. The molecule has 0 aromatic heterocycles. The number of hydrogen-bond donors (Lipinski definition) is 12. The molecular formula is C47H76O23. The molecule has 4 fully saturated rings. The molecule has 23 nitrogen and oxygen atoms in total. The van der Waals surface area contributed by atoms with Crippen LogP contribution in [0.2, 0.25) is 0 Å². The number of esters is 1. The molecule has 0 bridgehead atoms. The van der Waals surface area contributed by atoms with Gasteiger partial charge in [0.25, 0.3) is 0 Å². The summed E-state index contributed by atoms with van der Waals surface area (Å²) in [7, 11) is 0. The lowest BCUT2D eigenvalue weighted by molar-refractivity contribution is -0.357. The summed E-state index contributed by atoms with van der Waals surface area (Å²) in [5.41, 5.74) is 2.27. The second-order valence-electron chi connectivity index (χ2n) is 18.7. The van der Waals surface area contributed by atoms with Crippen LogP contribution in [0.1, 0.15) is 86.5 Å². The Hall–Kier alpha value is -2.86. The largest absolute Gasteiger partial charge is 0.481 e. The second-order valence-corrected chi connectivity index (χ2v) is 18.7. The minimum absolute atomic E-state index is 0.152. The lowest BCUT2D eigenvalue weighted by atomic mass is 9.94. The summed E-state index contributed by atoms with van der Waals surface area (Å²) in [6, 6.07) is 0. The monoisotopic (exact) mass is 1010 g/mol. The highest BCUT2D eigenvalue weighted by Crippen LogP contribution is 2.34. The Morgan fingerprint density at radius 3 is 1.60 bits per heavy atom. The minimum Gasteiger partial charge on any atom is -0.481 e. The SMILES string of the molecule is C=C[C@](C)(CC/C=C(\C)CC/C=C(\C)CC/C=C(/C)COC1C(C)OC(OC2C(CO)OC(O)C(O)C2O)C(O)C1O)OC1C(C)OC(OC2C(CO)OC(O)C(OC(=O)CC(=O)O)C2O)C(O)C1O. The van der Waals surface area contributed by atoms with Crippen LogP contribution < -0.4 is 0 Å². The first-order valence-electron chi connectivity index (χ1n) is 23.5. The van der Waals surface area contributed by atoms with Gasteiger partial charge < -0.3 is 104 Å². The van der Waals surface area contributed by atoms with Crippen LogP contribution in [0.5, 0.6) is 0 Å². The molecule has 0 amide bonds. The van der Waals surface area contributed by atoms with Crippen LogP contribution in [-0.4, -0.2) is 221 Å². The Bertz CT molecular complexity index is 1760. The van der Waals surface area contributed by atoms with Crippen LogP contribution >= 0.6 is 0 Å². The molecule has 0 radical (unpaired) electrons. The van der Waals surface area contributed by atoms with Crippen LogP contribution in [-0.2, 0) is 52.2 Å². The molecule has 12 N–H and O–H groups in total. The first-order valence-corrected chi connectivity index (χ1v) is 23.5. The summed E-state index contributed by atoms with van der Waals surface area (Å²) in [5, 5.41) is 124. The van der Waals surface area contributed by atoms with Crippen LogP contribution in [0.4, 0.5) is 0 Å². The summed E-state index contributed by atoms with van der Waals surface area (Å²) in [6.07, 6.45) is -18.4. The fraction of sp³-hybridized carbons (Fsp3) is 0.787. The molecule has 4 saturated heterocycles. The molecule has 21 atom stereocenters. The van der Waals surface area contributed by atoms with E-state index in [0.717, 1.165) is 36.8 Å². The number of carbonyl (C=O) groups excluding carboxylic acids is 1. The maximum atomic E-state index is 12.0. The van der Waals surface area contributed by atoms with Crippen molar-refractivity contribution in [1.82, 2.24) is 0 Å². The second kappa shape index (κ2) is 27.4. The van der Waals surface area contributed by atoms with Gasteiger partial charge in [0.05, 0.1) is 37.6 Å². The van der Waals surface area contributed by atoms with Crippen molar-refractivity contribution in [1.29, 1.82) is 0 Å². The van der Waals surface area contributed by atoms with E-state index in [-0.39, 0.29) is 6.61 Å². The van der Waals surface area contributed by atoms with Crippen LogP contribution in [0.3, 0.4) is 0 Å². The third-order valence-corrected chi connectivity index (χ3v) is 12.9. The van der Waals surface area contributed by atoms with Gasteiger partial charge in [-0.25, -0.2) is 0 Å². The van der Waals surface area contributed by atoms with E-state index in [1.807, 2.05) is 19.9 Å². The minimum atomic E-state index is -1.95. The molecule has 0 aromatic rings. The Kier molecular flexibility index (Phi) is 23.4. The van der Waals surface area contributed by atoms with E-state index < -0.39 is 160 Å². The van der Waals surface area contributed by atoms with Gasteiger partial charge in [0.15, 0.2) is 31.3 Å². The summed E-state index contributed by atoms with van der Waals surface area (Å²) >= 11 is 0. The Balaban J connectivity index is 1.19. The van der Waals surface area contributed by atoms with Crippen LogP contribution in [0.25, 0.3) is 0 Å². The molecule has 0 saturated carbocycles. The van der Waals surface area contributed by atoms with Crippen LogP contribution in [0.15, 0.2) is 47.6 Å². The van der Waals surface area contributed by atoms with E-state index in [2.05, 4.69) is 25.7 Å². The summed E-state index contributed by atoms with van der Waals surface area (Å²) in [4.78, 5) is 22.9. The zero-order valence-electron chi connectivity index (χ0n) is 40.5. The van der Waals surface area contributed by atoms with Gasteiger partial charge in [0, 0.05) is 0 Å². The predicted molar refractivity (Wildman–Crippen MR) is 241 cm³/mol. The molecular weight excluding hydrogens is 932 g/mol. The number of rotatable bonds is 24. The lowest BCUT2D eigenvalue weighted by Gasteiger charge is -2.47. The van der Waals surface area contributed by atoms with Crippen molar-refractivity contribution in [2.45, 2.75) is 215 Å². The molecule has 4 rings (SSSR count). The molecule has 4 aliphatic heterocycles. The van der Waals surface area contributed by atoms with Gasteiger partial charge in [-0.3, -0.25) is 9.59 Å². The van der Waals surface area contributed by atoms with Gasteiger partial charge in [0.2, 0.25) is 0 Å². The number of aliphatic carboxylic acids is 1. The van der Waals surface area contributed by atoms with Gasteiger partial charge in [-0.1, -0.05) is 41.0 Å². The number of hydrogen-bond acceptors (Lipinski definition) is 22. The maximum absolute atomic E-state index is 12.0. The zero-order valence-corrected chi connectivity index (χ0v) is 40.5. The predicted octanol–water partition coefficient (Wildman–Crippen LogP) is -1.53. The highest BCUT2D eigenvalue weighted by atomic mass is 16.7. The van der Waals surface area contributed by atoms with Crippen molar-refractivity contribution in [3.63, 3.8) is 0 Å². The normalized spacial score (nSPS) is 39.8. The van der Waals surface area contributed by atoms with Gasteiger partial charge in [0.1, 0.15) is 85.8 Å². The number of carboxylic acids is 1. The van der Waals surface area contributed by atoms with Crippen molar-refractivity contribution in [3.8, 4) is 0 Å². The first kappa shape index (κ1) is 59.7. The fourth-order valence-electron chi connectivity index (χ4n) is 8.55. The molecule has 4 aliphatic rings. The molecule has 0 aliphatic carbocycles. The van der Waals surface area contributed by atoms with Gasteiger partial charge in [-0.05, 0) is 80.1 Å². The van der Waals surface area contributed by atoms with Crippen molar-refractivity contribution >= 4 is 11.9 Å².